The molecule has 3 rings (SSSR count). The number of benzene rings is 1. The van der Waals surface area contributed by atoms with Gasteiger partial charge in [-0.1, -0.05) is 73.2 Å². The fourth-order valence-electron chi connectivity index (χ4n) is 3.16. The van der Waals surface area contributed by atoms with Gasteiger partial charge in [-0.25, -0.2) is 0 Å². The van der Waals surface area contributed by atoms with Crippen molar-refractivity contribution in [2.24, 2.45) is 5.92 Å². The number of anilines is 1. The van der Waals surface area contributed by atoms with E-state index in [2.05, 4.69) is 91.6 Å². The van der Waals surface area contributed by atoms with E-state index in [1.54, 1.807) is 0 Å². The lowest BCUT2D eigenvalue weighted by Gasteiger charge is -2.41. The van der Waals surface area contributed by atoms with E-state index in [0.717, 1.165) is 6.42 Å². The first-order valence-corrected chi connectivity index (χ1v) is 7.79. The highest BCUT2D eigenvalue weighted by molar-refractivity contribution is 5.52. The first-order valence-electron chi connectivity index (χ1n) is 7.79. The molecule has 0 saturated carbocycles. The molecule has 0 aliphatic heterocycles. The number of nitrogens with zero attached hydrogens (tertiary/aromatic N) is 1. The molecule has 0 bridgehead atoms. The normalized spacial score (nSPS) is 27.5. The number of para-hydroxylation sites is 1. The number of rotatable bonds is 3. The van der Waals surface area contributed by atoms with Crippen LogP contribution >= 0.6 is 0 Å². The summed E-state index contributed by atoms with van der Waals surface area (Å²) < 4.78 is 0. The molecular formula is C20H23N. The Morgan fingerprint density at radius 2 is 1.76 bits per heavy atom. The molecule has 3 atom stereocenters. The van der Waals surface area contributed by atoms with Crippen molar-refractivity contribution in [2.45, 2.75) is 32.4 Å². The van der Waals surface area contributed by atoms with Gasteiger partial charge in [0.25, 0.3) is 0 Å². The Morgan fingerprint density at radius 1 is 1.00 bits per heavy atom. The molecule has 2 aliphatic rings. The molecule has 1 aromatic carbocycles. The average Bonchev–Trinajstić information content (AvgIpc) is 2.52. The summed E-state index contributed by atoms with van der Waals surface area (Å²) in [5.41, 5.74) is 2.67. The third-order valence-electron chi connectivity index (χ3n) is 4.37. The first kappa shape index (κ1) is 13.9. The van der Waals surface area contributed by atoms with Crippen LogP contribution in [0.3, 0.4) is 0 Å². The van der Waals surface area contributed by atoms with Crippen LogP contribution in [0, 0.1) is 5.92 Å². The van der Waals surface area contributed by atoms with Gasteiger partial charge in [0.15, 0.2) is 0 Å². The van der Waals surface area contributed by atoms with Crippen molar-refractivity contribution in [3.8, 4) is 0 Å². The van der Waals surface area contributed by atoms with Crippen molar-refractivity contribution < 1.29 is 0 Å². The minimum Gasteiger partial charge on any atom is -0.358 e. The van der Waals surface area contributed by atoms with E-state index in [4.69, 9.17) is 0 Å². The minimum atomic E-state index is 0.416. The lowest BCUT2D eigenvalue weighted by molar-refractivity contribution is 0.526. The van der Waals surface area contributed by atoms with Crippen molar-refractivity contribution in [3.63, 3.8) is 0 Å². The van der Waals surface area contributed by atoms with Crippen LogP contribution in [0.1, 0.15) is 20.3 Å². The lowest BCUT2D eigenvalue weighted by atomic mass is 9.91. The van der Waals surface area contributed by atoms with E-state index in [1.165, 1.54) is 11.3 Å². The van der Waals surface area contributed by atoms with E-state index >= 15 is 0 Å². The van der Waals surface area contributed by atoms with Gasteiger partial charge in [0.2, 0.25) is 0 Å². The highest BCUT2D eigenvalue weighted by atomic mass is 15.2. The van der Waals surface area contributed by atoms with Crippen LogP contribution in [0.25, 0.3) is 0 Å². The molecule has 21 heavy (non-hydrogen) atoms. The molecule has 0 heterocycles. The Kier molecular flexibility index (Phi) is 4.10. The quantitative estimate of drug-likeness (QED) is 0.759. The Morgan fingerprint density at radius 3 is 2.43 bits per heavy atom. The third kappa shape index (κ3) is 3.02. The highest BCUT2D eigenvalue weighted by Crippen LogP contribution is 2.30. The third-order valence-corrected chi connectivity index (χ3v) is 4.37. The molecule has 0 N–H and O–H groups in total. The summed E-state index contributed by atoms with van der Waals surface area (Å²) in [5.74, 6) is 0.524. The Labute approximate surface area is 128 Å². The van der Waals surface area contributed by atoms with Crippen LogP contribution in [0.4, 0.5) is 5.69 Å². The van der Waals surface area contributed by atoms with Gasteiger partial charge in [-0.3, -0.25) is 0 Å². The van der Waals surface area contributed by atoms with E-state index in [1.807, 2.05) is 0 Å². The van der Waals surface area contributed by atoms with E-state index in [9.17, 15) is 0 Å². The maximum absolute atomic E-state index is 2.56. The molecule has 1 nitrogen and oxygen atoms in total. The zero-order valence-electron chi connectivity index (χ0n) is 12.8. The van der Waals surface area contributed by atoms with E-state index in [-0.39, 0.29) is 0 Å². The summed E-state index contributed by atoms with van der Waals surface area (Å²) in [4.78, 5) is 2.56. The molecule has 0 amide bonds. The maximum Gasteiger partial charge on any atom is 0.0542 e. The van der Waals surface area contributed by atoms with Gasteiger partial charge >= 0.3 is 0 Å². The SMILES string of the molecule is CC1=CCC(N(c2ccccc2)[C@H]2C=CC=CC2C)C=C1. The fraction of sp³-hybridized carbons (Fsp3) is 0.300. The van der Waals surface area contributed by atoms with Gasteiger partial charge in [0.1, 0.15) is 0 Å². The van der Waals surface area contributed by atoms with E-state index in [0.29, 0.717) is 18.0 Å². The smallest absolute Gasteiger partial charge is 0.0542 e. The second-order valence-corrected chi connectivity index (χ2v) is 5.97. The van der Waals surface area contributed by atoms with Crippen LogP contribution in [0.15, 0.2) is 78.4 Å². The predicted octanol–water partition coefficient (Wildman–Crippen LogP) is 4.90. The molecule has 1 heteroatoms. The molecule has 0 aromatic heterocycles. The van der Waals surface area contributed by atoms with Crippen molar-refractivity contribution in [3.05, 3.63) is 78.4 Å². The van der Waals surface area contributed by atoms with Crippen LogP contribution in [0.2, 0.25) is 0 Å². The summed E-state index contributed by atoms with van der Waals surface area (Å²) in [6.45, 7) is 4.47. The van der Waals surface area contributed by atoms with Crippen molar-refractivity contribution in [1.29, 1.82) is 0 Å². The largest absolute Gasteiger partial charge is 0.358 e. The Hall–Kier alpha value is -2.02. The van der Waals surface area contributed by atoms with Gasteiger partial charge in [0.05, 0.1) is 12.1 Å². The van der Waals surface area contributed by atoms with Crippen LogP contribution in [-0.2, 0) is 0 Å². The van der Waals surface area contributed by atoms with Gasteiger partial charge in [0, 0.05) is 5.69 Å². The zero-order valence-corrected chi connectivity index (χ0v) is 12.8. The zero-order chi connectivity index (χ0) is 14.7. The molecule has 1 aromatic rings. The van der Waals surface area contributed by atoms with Gasteiger partial charge in [-0.2, -0.15) is 0 Å². The molecule has 2 unspecified atom stereocenters. The molecule has 2 aliphatic carbocycles. The van der Waals surface area contributed by atoms with Crippen molar-refractivity contribution in [1.82, 2.24) is 0 Å². The monoisotopic (exact) mass is 277 g/mol. The topological polar surface area (TPSA) is 3.24 Å². The van der Waals surface area contributed by atoms with Crippen LogP contribution in [-0.4, -0.2) is 12.1 Å². The molecule has 0 spiro atoms. The summed E-state index contributed by atoms with van der Waals surface area (Å²) in [7, 11) is 0. The lowest BCUT2D eigenvalue weighted by Crippen LogP contribution is -2.45. The number of hydrogen-bond donors (Lipinski definition) is 0. The van der Waals surface area contributed by atoms with Gasteiger partial charge in [-0.15, -0.1) is 0 Å². The summed E-state index contributed by atoms with van der Waals surface area (Å²) in [5, 5.41) is 0. The average molecular weight is 277 g/mol. The fourth-order valence-corrected chi connectivity index (χ4v) is 3.16. The molecule has 0 fully saturated rings. The summed E-state index contributed by atoms with van der Waals surface area (Å²) in [6, 6.07) is 11.6. The summed E-state index contributed by atoms with van der Waals surface area (Å²) >= 11 is 0. The Balaban J connectivity index is 1.94. The molecule has 0 saturated heterocycles. The standard InChI is InChI=1S/C20H23N/c1-16-12-14-19(15-13-16)21(18-9-4-3-5-10-18)20-11-7-6-8-17(20)2/h3-14,17,19-20H,15H2,1-2H3/t17?,19?,20-/m0/s1. The van der Waals surface area contributed by atoms with Crippen LogP contribution < -0.4 is 4.90 Å². The number of allylic oxidation sites excluding steroid dienone is 4. The van der Waals surface area contributed by atoms with Crippen molar-refractivity contribution >= 4 is 5.69 Å². The highest BCUT2D eigenvalue weighted by Gasteiger charge is 2.27. The molecule has 108 valence electrons. The number of hydrogen-bond acceptors (Lipinski definition) is 1. The minimum absolute atomic E-state index is 0.416. The maximum atomic E-state index is 2.56. The van der Waals surface area contributed by atoms with Crippen molar-refractivity contribution in [2.75, 3.05) is 4.90 Å². The molecule has 0 radical (unpaired) electrons. The predicted molar refractivity (Wildman–Crippen MR) is 91.5 cm³/mol. The summed E-state index contributed by atoms with van der Waals surface area (Å²) in [6.07, 6.45) is 17.0. The van der Waals surface area contributed by atoms with Gasteiger partial charge < -0.3 is 4.90 Å². The Bertz CT molecular complexity index is 592. The van der Waals surface area contributed by atoms with Crippen LogP contribution in [0.5, 0.6) is 0 Å². The van der Waals surface area contributed by atoms with Gasteiger partial charge in [-0.05, 0) is 31.4 Å². The second-order valence-electron chi connectivity index (χ2n) is 5.97. The van der Waals surface area contributed by atoms with E-state index < -0.39 is 0 Å². The second kappa shape index (κ2) is 6.17. The molecular weight excluding hydrogens is 254 g/mol. The first-order chi connectivity index (χ1) is 10.3.